The Morgan fingerprint density at radius 3 is 2.52 bits per heavy atom. The third-order valence-corrected chi connectivity index (χ3v) is 2.95. The highest BCUT2D eigenvalue weighted by Crippen LogP contribution is 2.19. The van der Waals surface area contributed by atoms with Crippen molar-refractivity contribution in [2.24, 2.45) is 0 Å². The zero-order valence-corrected chi connectivity index (χ0v) is 11.2. The van der Waals surface area contributed by atoms with E-state index >= 15 is 0 Å². The molecule has 0 saturated carbocycles. The summed E-state index contributed by atoms with van der Waals surface area (Å²) in [6.45, 7) is 0. The van der Waals surface area contributed by atoms with Crippen molar-refractivity contribution in [2.75, 3.05) is 5.73 Å². The Kier molecular flexibility index (Phi) is 4.50. The van der Waals surface area contributed by atoms with E-state index in [9.17, 15) is 9.59 Å². The number of carbonyl (C=O) groups excluding carboxylic acids is 1. The highest BCUT2D eigenvalue weighted by molar-refractivity contribution is 5.94. The molecule has 0 spiro atoms. The van der Waals surface area contributed by atoms with E-state index in [2.05, 4.69) is 10.3 Å². The number of nitrogens with zero attached hydrogens (tertiary/aromatic N) is 1. The van der Waals surface area contributed by atoms with Crippen LogP contribution in [0.3, 0.4) is 0 Å². The van der Waals surface area contributed by atoms with E-state index in [1.165, 1.54) is 6.20 Å². The number of hydrogen-bond donors (Lipinski definition) is 3. The minimum absolute atomic E-state index is 0.212. The SMILES string of the molecule is Nc1ccc([C@@H](CC(=O)O)NC(=O)c2cccnc2)cc1. The fraction of sp³-hybridized carbons (Fsp3) is 0.133. The molecule has 1 atom stereocenters. The summed E-state index contributed by atoms with van der Waals surface area (Å²) in [4.78, 5) is 27.0. The maximum absolute atomic E-state index is 12.1. The van der Waals surface area contributed by atoms with Gasteiger partial charge in [-0.25, -0.2) is 0 Å². The first-order valence-corrected chi connectivity index (χ1v) is 6.34. The molecule has 6 nitrogen and oxygen atoms in total. The molecule has 4 N–H and O–H groups in total. The smallest absolute Gasteiger partial charge is 0.305 e. The van der Waals surface area contributed by atoms with Gasteiger partial charge in [-0.1, -0.05) is 12.1 Å². The third kappa shape index (κ3) is 4.04. The van der Waals surface area contributed by atoms with Crippen molar-refractivity contribution in [3.8, 4) is 0 Å². The van der Waals surface area contributed by atoms with Crippen molar-refractivity contribution in [1.29, 1.82) is 0 Å². The van der Waals surface area contributed by atoms with Crippen LogP contribution < -0.4 is 11.1 Å². The van der Waals surface area contributed by atoms with Crippen LogP contribution in [0, 0.1) is 0 Å². The molecule has 0 saturated heterocycles. The Balaban J connectivity index is 2.18. The minimum atomic E-state index is -0.997. The van der Waals surface area contributed by atoms with E-state index in [0.29, 0.717) is 16.8 Å². The van der Waals surface area contributed by atoms with Gasteiger partial charge in [0.1, 0.15) is 0 Å². The molecule has 1 aromatic heterocycles. The summed E-state index contributed by atoms with van der Waals surface area (Å²) in [6.07, 6.45) is 2.78. The number of carbonyl (C=O) groups is 2. The molecule has 0 fully saturated rings. The van der Waals surface area contributed by atoms with Crippen molar-refractivity contribution >= 4 is 17.6 Å². The molecular weight excluding hydrogens is 270 g/mol. The Labute approximate surface area is 121 Å². The predicted octanol–water partition coefficient (Wildman–Crippen LogP) is 1.61. The Morgan fingerprint density at radius 1 is 1.24 bits per heavy atom. The maximum atomic E-state index is 12.1. The van der Waals surface area contributed by atoms with Crippen LogP contribution in [0.5, 0.6) is 0 Å². The van der Waals surface area contributed by atoms with Crippen LogP contribution >= 0.6 is 0 Å². The molecule has 6 heteroatoms. The summed E-state index contributed by atoms with van der Waals surface area (Å²) >= 11 is 0. The number of carboxylic acid groups (broad SMARTS) is 1. The fourth-order valence-electron chi connectivity index (χ4n) is 1.89. The number of amides is 1. The lowest BCUT2D eigenvalue weighted by atomic mass is 10.0. The van der Waals surface area contributed by atoms with Gasteiger partial charge in [-0.05, 0) is 29.8 Å². The highest BCUT2D eigenvalue weighted by atomic mass is 16.4. The quantitative estimate of drug-likeness (QED) is 0.724. The highest BCUT2D eigenvalue weighted by Gasteiger charge is 2.18. The number of nitrogen functional groups attached to an aromatic ring is 1. The van der Waals surface area contributed by atoms with Crippen LogP contribution in [0.25, 0.3) is 0 Å². The Morgan fingerprint density at radius 2 is 1.95 bits per heavy atom. The van der Waals surface area contributed by atoms with Gasteiger partial charge in [0.15, 0.2) is 0 Å². The van der Waals surface area contributed by atoms with Gasteiger partial charge >= 0.3 is 5.97 Å². The zero-order chi connectivity index (χ0) is 15.2. The van der Waals surface area contributed by atoms with Gasteiger partial charge in [0.05, 0.1) is 18.0 Å². The number of benzene rings is 1. The van der Waals surface area contributed by atoms with Crippen molar-refractivity contribution in [1.82, 2.24) is 10.3 Å². The molecule has 1 aromatic carbocycles. The summed E-state index contributed by atoms with van der Waals surface area (Å²) in [5, 5.41) is 11.7. The number of hydrogen-bond acceptors (Lipinski definition) is 4. The van der Waals surface area contributed by atoms with Crippen LogP contribution in [-0.4, -0.2) is 22.0 Å². The van der Waals surface area contributed by atoms with E-state index in [1.54, 1.807) is 42.6 Å². The molecule has 1 heterocycles. The van der Waals surface area contributed by atoms with Gasteiger partial charge in [-0.15, -0.1) is 0 Å². The summed E-state index contributed by atoms with van der Waals surface area (Å²) in [6, 6.07) is 9.36. The first-order chi connectivity index (χ1) is 10.1. The van der Waals surface area contributed by atoms with E-state index in [-0.39, 0.29) is 12.3 Å². The number of carboxylic acids is 1. The number of aliphatic carboxylic acids is 1. The number of nitrogens with one attached hydrogen (secondary N) is 1. The lowest BCUT2D eigenvalue weighted by Gasteiger charge is -2.17. The molecule has 21 heavy (non-hydrogen) atoms. The Hall–Kier alpha value is -2.89. The van der Waals surface area contributed by atoms with E-state index in [1.807, 2.05) is 0 Å². The van der Waals surface area contributed by atoms with Gasteiger partial charge < -0.3 is 16.2 Å². The molecular formula is C15H15N3O3. The Bertz CT molecular complexity index is 626. The lowest BCUT2D eigenvalue weighted by Crippen LogP contribution is -2.30. The number of pyridine rings is 1. The monoisotopic (exact) mass is 285 g/mol. The first-order valence-electron chi connectivity index (χ1n) is 6.34. The molecule has 0 aliphatic heterocycles. The largest absolute Gasteiger partial charge is 0.481 e. The second-order valence-corrected chi connectivity index (χ2v) is 4.53. The number of anilines is 1. The van der Waals surface area contributed by atoms with Gasteiger partial charge in [-0.2, -0.15) is 0 Å². The first kappa shape index (κ1) is 14.5. The van der Waals surface area contributed by atoms with Crippen LogP contribution in [0.2, 0.25) is 0 Å². The summed E-state index contributed by atoms with van der Waals surface area (Å²) in [5.74, 6) is -1.37. The standard InChI is InChI=1S/C15H15N3O3/c16-12-5-3-10(4-6-12)13(8-14(19)20)18-15(21)11-2-1-7-17-9-11/h1-7,9,13H,8,16H2,(H,18,21)(H,19,20)/t13-/m1/s1. The zero-order valence-electron chi connectivity index (χ0n) is 11.2. The van der Waals surface area contributed by atoms with Crippen LogP contribution in [0.15, 0.2) is 48.8 Å². The van der Waals surface area contributed by atoms with Crippen molar-refractivity contribution in [3.63, 3.8) is 0 Å². The summed E-state index contributed by atoms with van der Waals surface area (Å²) in [7, 11) is 0. The van der Waals surface area contributed by atoms with Gasteiger partial charge in [0.2, 0.25) is 0 Å². The number of rotatable bonds is 5. The van der Waals surface area contributed by atoms with Crippen molar-refractivity contribution < 1.29 is 14.7 Å². The number of nitrogens with two attached hydrogens (primary N) is 1. The molecule has 0 aliphatic carbocycles. The van der Waals surface area contributed by atoms with E-state index < -0.39 is 12.0 Å². The van der Waals surface area contributed by atoms with Crippen molar-refractivity contribution in [3.05, 3.63) is 59.9 Å². The average Bonchev–Trinajstić information content (AvgIpc) is 2.48. The fourth-order valence-corrected chi connectivity index (χ4v) is 1.89. The summed E-state index contributed by atoms with van der Waals surface area (Å²) < 4.78 is 0. The second kappa shape index (κ2) is 6.51. The molecule has 0 radical (unpaired) electrons. The molecule has 0 unspecified atom stereocenters. The lowest BCUT2D eigenvalue weighted by molar-refractivity contribution is -0.137. The average molecular weight is 285 g/mol. The molecule has 1 amide bonds. The predicted molar refractivity (Wildman–Crippen MR) is 77.6 cm³/mol. The summed E-state index contributed by atoms with van der Waals surface area (Å²) in [5.41, 5.74) is 7.25. The molecule has 0 bridgehead atoms. The molecule has 2 aromatic rings. The van der Waals surface area contributed by atoms with Crippen LogP contribution in [0.4, 0.5) is 5.69 Å². The normalized spacial score (nSPS) is 11.6. The molecule has 108 valence electrons. The van der Waals surface area contributed by atoms with Gasteiger partial charge in [0.25, 0.3) is 5.91 Å². The maximum Gasteiger partial charge on any atom is 0.305 e. The van der Waals surface area contributed by atoms with E-state index in [0.717, 1.165) is 0 Å². The molecule has 0 aliphatic rings. The second-order valence-electron chi connectivity index (χ2n) is 4.53. The van der Waals surface area contributed by atoms with E-state index in [4.69, 9.17) is 10.8 Å². The van der Waals surface area contributed by atoms with Crippen molar-refractivity contribution in [2.45, 2.75) is 12.5 Å². The topological polar surface area (TPSA) is 105 Å². The molecule has 2 rings (SSSR count). The number of aromatic nitrogens is 1. The van der Waals surface area contributed by atoms with Crippen LogP contribution in [-0.2, 0) is 4.79 Å². The van der Waals surface area contributed by atoms with Crippen LogP contribution in [0.1, 0.15) is 28.4 Å². The van der Waals surface area contributed by atoms with Gasteiger partial charge in [0, 0.05) is 18.1 Å². The van der Waals surface area contributed by atoms with Gasteiger partial charge in [-0.3, -0.25) is 14.6 Å². The third-order valence-electron chi connectivity index (χ3n) is 2.95. The minimum Gasteiger partial charge on any atom is -0.481 e.